The number of morpholine rings is 1. The Bertz CT molecular complexity index is 1400. The molecule has 1 unspecified atom stereocenters. The van der Waals surface area contributed by atoms with E-state index in [4.69, 9.17) is 4.74 Å². The number of rotatable bonds is 6. The van der Waals surface area contributed by atoms with Gasteiger partial charge in [0.2, 0.25) is 0 Å². The number of urea groups is 1. The summed E-state index contributed by atoms with van der Waals surface area (Å²) in [5, 5.41) is 7.88. The molecule has 194 valence electrons. The number of imide groups is 1. The van der Waals surface area contributed by atoms with Crippen molar-refractivity contribution in [2.75, 3.05) is 31.1 Å². The van der Waals surface area contributed by atoms with Gasteiger partial charge >= 0.3 is 6.03 Å². The lowest BCUT2D eigenvalue weighted by atomic mass is 10.0. The van der Waals surface area contributed by atoms with Gasteiger partial charge in [-0.2, -0.15) is 5.10 Å². The molecule has 9 nitrogen and oxygen atoms in total. The van der Waals surface area contributed by atoms with Gasteiger partial charge in [-0.1, -0.05) is 24.3 Å². The second-order valence-electron chi connectivity index (χ2n) is 9.85. The molecule has 10 heteroatoms. The number of amides is 3. The molecule has 2 saturated heterocycles. The topological polar surface area (TPSA) is 98.8 Å². The van der Waals surface area contributed by atoms with Crippen LogP contribution in [0.25, 0.3) is 10.8 Å². The van der Waals surface area contributed by atoms with E-state index >= 15 is 0 Å². The average Bonchev–Trinajstić information content (AvgIpc) is 3.07. The lowest BCUT2D eigenvalue weighted by Crippen LogP contribution is -2.49. The van der Waals surface area contributed by atoms with Gasteiger partial charge in [0.1, 0.15) is 11.9 Å². The SMILES string of the molecule is CC1C(=O)N(c2cc(Cc3n[nH]c(=O)c4ccccc34)ccc2F)C(=O)N1CCN1C[C@@H](C)O[C@@H](C)C1. The van der Waals surface area contributed by atoms with Gasteiger partial charge in [-0.25, -0.2) is 19.2 Å². The minimum atomic E-state index is -0.698. The molecular formula is C27H30FN5O4. The molecule has 2 aromatic carbocycles. The number of carbonyl (C=O) groups is 2. The Morgan fingerprint density at radius 2 is 1.70 bits per heavy atom. The summed E-state index contributed by atoms with van der Waals surface area (Å²) in [6, 6.07) is 10.2. The van der Waals surface area contributed by atoms with Crippen molar-refractivity contribution in [1.29, 1.82) is 0 Å². The number of ether oxygens (including phenoxy) is 1. The van der Waals surface area contributed by atoms with Crippen molar-refractivity contribution in [1.82, 2.24) is 20.0 Å². The molecule has 2 fully saturated rings. The molecule has 2 aliphatic heterocycles. The second kappa shape index (κ2) is 10.0. The molecule has 3 aromatic rings. The van der Waals surface area contributed by atoms with Crippen LogP contribution in [0.5, 0.6) is 0 Å². The van der Waals surface area contributed by atoms with Gasteiger partial charge in [0.25, 0.3) is 11.5 Å². The fourth-order valence-electron chi connectivity index (χ4n) is 5.27. The quantitative estimate of drug-likeness (QED) is 0.515. The summed E-state index contributed by atoms with van der Waals surface area (Å²) in [5.41, 5.74) is 0.895. The van der Waals surface area contributed by atoms with Crippen LogP contribution in [0.4, 0.5) is 14.9 Å². The maximum absolute atomic E-state index is 15.0. The third kappa shape index (κ3) is 4.86. The molecule has 3 atom stereocenters. The van der Waals surface area contributed by atoms with Gasteiger partial charge < -0.3 is 9.64 Å². The zero-order valence-corrected chi connectivity index (χ0v) is 21.1. The Morgan fingerprint density at radius 1 is 1.00 bits per heavy atom. The van der Waals surface area contributed by atoms with Crippen molar-refractivity contribution in [2.24, 2.45) is 0 Å². The fourth-order valence-corrected chi connectivity index (χ4v) is 5.27. The van der Waals surface area contributed by atoms with Crippen LogP contribution in [0.2, 0.25) is 0 Å². The summed E-state index contributed by atoms with van der Waals surface area (Å²) in [6.07, 6.45) is 0.479. The number of H-pyrrole nitrogens is 1. The Balaban J connectivity index is 1.37. The molecule has 0 spiro atoms. The average molecular weight is 508 g/mol. The Kier molecular flexibility index (Phi) is 6.78. The Labute approximate surface area is 213 Å². The third-order valence-electron chi connectivity index (χ3n) is 7.03. The molecule has 1 aromatic heterocycles. The first kappa shape index (κ1) is 25.0. The van der Waals surface area contributed by atoms with Crippen molar-refractivity contribution in [3.63, 3.8) is 0 Å². The fraction of sp³-hybridized carbons (Fsp3) is 0.407. The van der Waals surface area contributed by atoms with E-state index in [-0.39, 0.29) is 29.9 Å². The lowest BCUT2D eigenvalue weighted by molar-refractivity contribution is -0.119. The van der Waals surface area contributed by atoms with Crippen LogP contribution in [0.1, 0.15) is 32.0 Å². The molecule has 0 saturated carbocycles. The first-order valence-electron chi connectivity index (χ1n) is 12.5. The van der Waals surface area contributed by atoms with E-state index in [2.05, 4.69) is 15.1 Å². The highest BCUT2D eigenvalue weighted by molar-refractivity contribution is 6.21. The highest BCUT2D eigenvalue weighted by Crippen LogP contribution is 2.29. The van der Waals surface area contributed by atoms with E-state index in [0.717, 1.165) is 18.0 Å². The van der Waals surface area contributed by atoms with Crippen LogP contribution < -0.4 is 10.5 Å². The first-order valence-corrected chi connectivity index (χ1v) is 12.5. The molecule has 37 heavy (non-hydrogen) atoms. The van der Waals surface area contributed by atoms with E-state index in [0.29, 0.717) is 35.1 Å². The van der Waals surface area contributed by atoms with E-state index in [1.165, 1.54) is 17.0 Å². The molecule has 0 bridgehead atoms. The van der Waals surface area contributed by atoms with Gasteiger partial charge in [-0.15, -0.1) is 0 Å². The van der Waals surface area contributed by atoms with Crippen molar-refractivity contribution in [2.45, 2.75) is 45.4 Å². The van der Waals surface area contributed by atoms with Crippen molar-refractivity contribution >= 4 is 28.4 Å². The molecule has 5 rings (SSSR count). The smallest absolute Gasteiger partial charge is 0.332 e. The summed E-state index contributed by atoms with van der Waals surface area (Å²) in [7, 11) is 0. The van der Waals surface area contributed by atoms with Crippen LogP contribution in [-0.4, -0.2) is 76.4 Å². The highest BCUT2D eigenvalue weighted by Gasteiger charge is 2.44. The summed E-state index contributed by atoms with van der Waals surface area (Å²) >= 11 is 0. The van der Waals surface area contributed by atoms with Crippen molar-refractivity contribution < 1.29 is 18.7 Å². The number of nitrogens with one attached hydrogen (secondary N) is 1. The number of hydrogen-bond donors (Lipinski definition) is 1. The van der Waals surface area contributed by atoms with Crippen LogP contribution in [-0.2, 0) is 16.0 Å². The summed E-state index contributed by atoms with van der Waals surface area (Å²) < 4.78 is 20.8. The van der Waals surface area contributed by atoms with Crippen LogP contribution >= 0.6 is 0 Å². The molecule has 3 heterocycles. The Hall–Kier alpha value is -3.63. The van der Waals surface area contributed by atoms with Crippen molar-refractivity contribution in [3.8, 4) is 0 Å². The number of halogens is 1. The monoisotopic (exact) mass is 507 g/mol. The molecule has 0 aliphatic carbocycles. The zero-order valence-electron chi connectivity index (χ0n) is 21.1. The molecule has 1 N–H and O–H groups in total. The van der Waals surface area contributed by atoms with Gasteiger partial charge in [0, 0.05) is 38.0 Å². The number of nitrogens with zero attached hydrogens (tertiary/aromatic N) is 4. The van der Waals surface area contributed by atoms with E-state index in [1.807, 2.05) is 19.9 Å². The lowest BCUT2D eigenvalue weighted by Gasteiger charge is -2.36. The number of benzene rings is 2. The summed E-state index contributed by atoms with van der Waals surface area (Å²) in [6.45, 7) is 8.16. The van der Waals surface area contributed by atoms with Crippen LogP contribution in [0.15, 0.2) is 47.3 Å². The predicted molar refractivity (Wildman–Crippen MR) is 137 cm³/mol. The van der Waals surface area contributed by atoms with Gasteiger partial charge in [-0.05, 0) is 44.5 Å². The van der Waals surface area contributed by atoms with Crippen molar-refractivity contribution in [3.05, 3.63) is 69.9 Å². The minimum Gasteiger partial charge on any atom is -0.373 e. The predicted octanol–water partition coefficient (Wildman–Crippen LogP) is 2.92. The number of anilines is 1. The number of fused-ring (bicyclic) bond motifs is 1. The van der Waals surface area contributed by atoms with Crippen LogP contribution in [0.3, 0.4) is 0 Å². The number of aromatic amines is 1. The van der Waals surface area contributed by atoms with E-state index < -0.39 is 23.8 Å². The van der Waals surface area contributed by atoms with Crippen LogP contribution in [0, 0.1) is 5.82 Å². The number of carbonyl (C=O) groups excluding carboxylic acids is 2. The molecular weight excluding hydrogens is 477 g/mol. The maximum Gasteiger partial charge on any atom is 0.332 e. The van der Waals surface area contributed by atoms with Gasteiger partial charge in [0.05, 0.1) is 29.0 Å². The molecule has 0 radical (unpaired) electrons. The number of aromatic nitrogens is 2. The Morgan fingerprint density at radius 3 is 2.43 bits per heavy atom. The third-order valence-corrected chi connectivity index (χ3v) is 7.03. The summed E-state index contributed by atoms with van der Waals surface area (Å²) in [5.74, 6) is -1.12. The standard InChI is InChI=1S/C27H30FN5O4/c1-16-14-31(15-17(2)37-16)10-11-32-18(3)26(35)33(27(32)36)24-13-19(8-9-22(24)28)12-23-20-6-4-5-7-21(20)25(34)30-29-23/h4-9,13,16-18H,10-12,14-15H2,1-3H3,(H,30,34)/t16-,17+,18?. The second-order valence-corrected chi connectivity index (χ2v) is 9.85. The molecule has 3 amide bonds. The summed E-state index contributed by atoms with van der Waals surface area (Å²) in [4.78, 5) is 43.2. The minimum absolute atomic E-state index is 0.0794. The zero-order chi connectivity index (χ0) is 26.3. The van der Waals surface area contributed by atoms with E-state index in [1.54, 1.807) is 31.2 Å². The normalized spacial score (nSPS) is 22.9. The first-order chi connectivity index (χ1) is 17.7. The van der Waals surface area contributed by atoms with Gasteiger partial charge in [-0.3, -0.25) is 14.5 Å². The van der Waals surface area contributed by atoms with E-state index in [9.17, 15) is 18.8 Å². The maximum atomic E-state index is 15.0. The number of hydrogen-bond acceptors (Lipinski definition) is 6. The van der Waals surface area contributed by atoms with Gasteiger partial charge in [0.15, 0.2) is 0 Å². The largest absolute Gasteiger partial charge is 0.373 e. The highest BCUT2D eigenvalue weighted by atomic mass is 19.1. The molecule has 2 aliphatic rings.